The number of hydrogen-bond donors (Lipinski definition) is 0. The van der Waals surface area contributed by atoms with E-state index in [-0.39, 0.29) is 5.97 Å². The minimum absolute atomic E-state index is 0.338. The first kappa shape index (κ1) is 16.0. The zero-order valence-electron chi connectivity index (χ0n) is 13.4. The molecule has 1 heterocycles. The highest BCUT2D eigenvalue weighted by atomic mass is 16.5. The van der Waals surface area contributed by atoms with Gasteiger partial charge in [-0.15, -0.1) is 0 Å². The Balaban J connectivity index is 1.40. The lowest BCUT2D eigenvalue weighted by atomic mass is 10.1. The number of hydrogen-bond acceptors (Lipinski definition) is 4. The van der Waals surface area contributed by atoms with Crippen molar-refractivity contribution in [1.29, 1.82) is 0 Å². The third-order valence-electron chi connectivity index (χ3n) is 3.65. The summed E-state index contributed by atoms with van der Waals surface area (Å²) in [6, 6.07) is 19.4. The summed E-state index contributed by atoms with van der Waals surface area (Å²) < 4.78 is 11.1. The molecule has 0 amide bonds. The van der Waals surface area contributed by atoms with Crippen LogP contribution in [0.3, 0.4) is 0 Å². The van der Waals surface area contributed by atoms with E-state index in [1.807, 2.05) is 24.3 Å². The Morgan fingerprint density at radius 1 is 0.875 bits per heavy atom. The molecule has 3 rings (SSSR count). The summed E-state index contributed by atoms with van der Waals surface area (Å²) in [7, 11) is 0. The van der Waals surface area contributed by atoms with E-state index >= 15 is 0 Å². The van der Waals surface area contributed by atoms with Crippen LogP contribution < -0.4 is 4.74 Å². The second kappa shape index (κ2) is 8.11. The van der Waals surface area contributed by atoms with Crippen LogP contribution in [0.2, 0.25) is 0 Å². The van der Waals surface area contributed by atoms with Crippen LogP contribution in [0.1, 0.15) is 23.3 Å². The average molecular weight is 321 g/mol. The number of rotatable bonds is 7. The predicted molar refractivity (Wildman–Crippen MR) is 93.2 cm³/mol. The van der Waals surface area contributed by atoms with E-state index in [0.717, 1.165) is 24.0 Å². The van der Waals surface area contributed by atoms with Gasteiger partial charge in [-0.2, -0.15) is 0 Å². The largest absolute Gasteiger partial charge is 0.493 e. The minimum atomic E-state index is -0.384. The van der Waals surface area contributed by atoms with Gasteiger partial charge in [0, 0.05) is 11.6 Å². The molecule has 0 N–H and O–H groups in total. The monoisotopic (exact) mass is 321 g/mol. The van der Waals surface area contributed by atoms with Crippen LogP contribution in [0, 0.1) is 0 Å². The molecule has 0 spiro atoms. The summed E-state index contributed by atoms with van der Waals surface area (Å²) >= 11 is 0. The van der Waals surface area contributed by atoms with E-state index in [4.69, 9.17) is 9.47 Å². The molecule has 0 aliphatic heterocycles. The number of nitrogens with zero attached hydrogens (tertiary/aromatic N) is 1. The average Bonchev–Trinajstić information content (AvgIpc) is 2.65. The number of benzene rings is 2. The summed E-state index contributed by atoms with van der Waals surface area (Å²) in [6.07, 6.45) is 3.15. The molecule has 122 valence electrons. The molecule has 0 bridgehead atoms. The summed E-state index contributed by atoms with van der Waals surface area (Å²) in [5.41, 5.74) is 0.338. The topological polar surface area (TPSA) is 48.4 Å². The van der Waals surface area contributed by atoms with Crippen molar-refractivity contribution >= 4 is 16.7 Å². The second-order valence-electron chi connectivity index (χ2n) is 5.38. The first-order valence-corrected chi connectivity index (χ1v) is 8.03. The smallest absolute Gasteiger partial charge is 0.356 e. The van der Waals surface area contributed by atoms with E-state index in [1.165, 1.54) is 5.39 Å². The maximum absolute atomic E-state index is 11.7. The van der Waals surface area contributed by atoms with E-state index in [2.05, 4.69) is 23.2 Å². The number of aromatic nitrogens is 1. The molecule has 24 heavy (non-hydrogen) atoms. The first-order chi connectivity index (χ1) is 11.8. The van der Waals surface area contributed by atoms with Crippen molar-refractivity contribution in [3.8, 4) is 5.75 Å². The number of carbonyl (C=O) groups excluding carboxylic acids is 1. The third-order valence-corrected chi connectivity index (χ3v) is 3.65. The van der Waals surface area contributed by atoms with E-state index in [9.17, 15) is 4.79 Å². The fourth-order valence-electron chi connectivity index (χ4n) is 2.43. The number of fused-ring (bicyclic) bond motifs is 1. The molecule has 1 aromatic heterocycles. The summed E-state index contributed by atoms with van der Waals surface area (Å²) in [5.74, 6) is 0.504. The van der Waals surface area contributed by atoms with Gasteiger partial charge < -0.3 is 9.47 Å². The SMILES string of the molecule is O=C(OCCCCOc1cccc2ccccc12)c1ccccn1. The van der Waals surface area contributed by atoms with Gasteiger partial charge >= 0.3 is 5.97 Å². The van der Waals surface area contributed by atoms with Crippen molar-refractivity contribution in [3.05, 3.63) is 72.6 Å². The molecule has 4 heteroatoms. The fourth-order valence-corrected chi connectivity index (χ4v) is 2.43. The number of unbranched alkanes of at least 4 members (excludes halogenated alkanes) is 1. The van der Waals surface area contributed by atoms with Crippen molar-refractivity contribution in [2.45, 2.75) is 12.8 Å². The summed E-state index contributed by atoms with van der Waals surface area (Å²) in [4.78, 5) is 15.7. The van der Waals surface area contributed by atoms with Crippen molar-refractivity contribution in [1.82, 2.24) is 4.98 Å². The standard InChI is InChI=1S/C20H19NO3/c22-20(18-11-3-4-13-21-18)24-15-6-5-14-23-19-12-7-9-16-8-1-2-10-17(16)19/h1-4,7-13H,5-6,14-15H2. The zero-order chi connectivity index (χ0) is 16.6. The Hall–Kier alpha value is -2.88. The number of carbonyl (C=O) groups is 1. The highest BCUT2D eigenvalue weighted by molar-refractivity contribution is 5.88. The molecular weight excluding hydrogens is 302 g/mol. The third kappa shape index (κ3) is 4.10. The Labute approximate surface area is 141 Å². The molecule has 0 saturated heterocycles. The van der Waals surface area contributed by atoms with Gasteiger partial charge in [0.1, 0.15) is 11.4 Å². The Morgan fingerprint density at radius 2 is 1.67 bits per heavy atom. The lowest BCUT2D eigenvalue weighted by molar-refractivity contribution is 0.0487. The lowest BCUT2D eigenvalue weighted by Crippen LogP contribution is -2.09. The highest BCUT2D eigenvalue weighted by Gasteiger charge is 2.07. The molecule has 4 nitrogen and oxygen atoms in total. The van der Waals surface area contributed by atoms with Crippen molar-refractivity contribution < 1.29 is 14.3 Å². The molecule has 0 fully saturated rings. The van der Waals surface area contributed by atoms with Crippen LogP contribution in [-0.4, -0.2) is 24.2 Å². The van der Waals surface area contributed by atoms with E-state index in [0.29, 0.717) is 18.9 Å². The van der Waals surface area contributed by atoms with Gasteiger partial charge in [-0.05, 0) is 36.4 Å². The van der Waals surface area contributed by atoms with Crippen molar-refractivity contribution in [2.75, 3.05) is 13.2 Å². The van der Waals surface area contributed by atoms with Gasteiger partial charge in [0.2, 0.25) is 0 Å². The van der Waals surface area contributed by atoms with E-state index in [1.54, 1.807) is 24.4 Å². The summed E-state index contributed by atoms with van der Waals surface area (Å²) in [6.45, 7) is 0.962. The molecule has 0 atom stereocenters. The normalized spacial score (nSPS) is 10.5. The molecule has 0 unspecified atom stereocenters. The lowest BCUT2D eigenvalue weighted by Gasteiger charge is -2.09. The quantitative estimate of drug-likeness (QED) is 0.482. The zero-order valence-corrected chi connectivity index (χ0v) is 13.4. The van der Waals surface area contributed by atoms with Crippen LogP contribution in [0.25, 0.3) is 10.8 Å². The van der Waals surface area contributed by atoms with Crippen LogP contribution in [0.15, 0.2) is 66.9 Å². The molecule has 3 aromatic rings. The molecule has 0 radical (unpaired) electrons. The van der Waals surface area contributed by atoms with Gasteiger partial charge in [-0.3, -0.25) is 0 Å². The van der Waals surface area contributed by atoms with Crippen molar-refractivity contribution in [3.63, 3.8) is 0 Å². The Morgan fingerprint density at radius 3 is 2.54 bits per heavy atom. The van der Waals surface area contributed by atoms with Crippen LogP contribution >= 0.6 is 0 Å². The van der Waals surface area contributed by atoms with Gasteiger partial charge in [0.15, 0.2) is 0 Å². The Kier molecular flexibility index (Phi) is 5.40. The molecule has 0 aliphatic rings. The fraction of sp³-hybridized carbons (Fsp3) is 0.200. The predicted octanol–water partition coefficient (Wildman–Crippen LogP) is 4.25. The number of esters is 1. The highest BCUT2D eigenvalue weighted by Crippen LogP contribution is 2.25. The van der Waals surface area contributed by atoms with Gasteiger partial charge in [0.25, 0.3) is 0 Å². The molecular formula is C20H19NO3. The Bertz CT molecular complexity index is 797. The van der Waals surface area contributed by atoms with Gasteiger partial charge in [-0.1, -0.05) is 42.5 Å². The summed E-state index contributed by atoms with van der Waals surface area (Å²) in [5, 5.41) is 2.28. The molecule has 0 saturated carbocycles. The van der Waals surface area contributed by atoms with Crippen molar-refractivity contribution in [2.24, 2.45) is 0 Å². The van der Waals surface area contributed by atoms with Crippen LogP contribution in [0.5, 0.6) is 5.75 Å². The van der Waals surface area contributed by atoms with Crippen LogP contribution in [-0.2, 0) is 4.74 Å². The number of pyridine rings is 1. The van der Waals surface area contributed by atoms with Gasteiger partial charge in [-0.25, -0.2) is 9.78 Å². The second-order valence-corrected chi connectivity index (χ2v) is 5.38. The van der Waals surface area contributed by atoms with Crippen LogP contribution in [0.4, 0.5) is 0 Å². The minimum Gasteiger partial charge on any atom is -0.493 e. The molecule has 2 aromatic carbocycles. The van der Waals surface area contributed by atoms with Gasteiger partial charge in [0.05, 0.1) is 13.2 Å². The maximum Gasteiger partial charge on any atom is 0.356 e. The van der Waals surface area contributed by atoms with E-state index < -0.39 is 0 Å². The first-order valence-electron chi connectivity index (χ1n) is 8.03. The molecule has 0 aliphatic carbocycles. The maximum atomic E-state index is 11.7. The number of ether oxygens (including phenoxy) is 2.